The van der Waals surface area contributed by atoms with E-state index in [0.717, 1.165) is 21.2 Å². The predicted octanol–water partition coefficient (Wildman–Crippen LogP) is 3.55. The van der Waals surface area contributed by atoms with E-state index < -0.39 is 0 Å². The number of benzene rings is 2. The van der Waals surface area contributed by atoms with Gasteiger partial charge in [0.1, 0.15) is 6.10 Å². The lowest BCUT2D eigenvalue weighted by atomic mass is 10.1. The van der Waals surface area contributed by atoms with Gasteiger partial charge in [-0.2, -0.15) is 0 Å². The van der Waals surface area contributed by atoms with Gasteiger partial charge in [-0.1, -0.05) is 63.1 Å². The Morgan fingerprint density at radius 2 is 2.11 bits per heavy atom. The number of aromatic nitrogens is 3. The van der Waals surface area contributed by atoms with Crippen LogP contribution in [0.3, 0.4) is 0 Å². The second-order valence-corrected chi connectivity index (χ2v) is 7.51. The number of amides is 1. The first kappa shape index (κ1) is 17.9. The third-order valence-corrected chi connectivity index (χ3v) is 5.12. The number of ether oxygens (including phenoxy) is 1. The number of fused-ring (bicyclic) bond motifs is 1. The number of carbonyl (C=O) groups is 1. The molecule has 4 rings (SSSR count). The zero-order chi connectivity index (χ0) is 18.8. The van der Waals surface area contributed by atoms with Gasteiger partial charge in [0, 0.05) is 11.0 Å². The van der Waals surface area contributed by atoms with Crippen LogP contribution in [0.25, 0.3) is 0 Å². The molecule has 1 aliphatic heterocycles. The fourth-order valence-corrected chi connectivity index (χ4v) is 3.42. The molecule has 1 unspecified atom stereocenters. The molecule has 0 saturated heterocycles. The molecule has 3 aromatic rings. The first-order chi connectivity index (χ1) is 13.1. The summed E-state index contributed by atoms with van der Waals surface area (Å²) in [6.45, 7) is 3.32. The Kier molecular flexibility index (Phi) is 5.05. The zero-order valence-electron chi connectivity index (χ0n) is 14.9. The van der Waals surface area contributed by atoms with E-state index in [1.165, 1.54) is 0 Å². The van der Waals surface area contributed by atoms with Gasteiger partial charge in [0.25, 0.3) is 5.91 Å². The van der Waals surface area contributed by atoms with Gasteiger partial charge in [-0.05, 0) is 30.2 Å². The van der Waals surface area contributed by atoms with E-state index >= 15 is 0 Å². The molecule has 2 aromatic carbocycles. The number of hydrogen-bond acceptors (Lipinski definition) is 4. The number of hydrogen-bond donors (Lipinski definition) is 1. The van der Waals surface area contributed by atoms with Crippen LogP contribution in [-0.2, 0) is 24.4 Å². The van der Waals surface area contributed by atoms with E-state index in [1.54, 1.807) is 4.68 Å². The van der Waals surface area contributed by atoms with Crippen LogP contribution >= 0.6 is 15.9 Å². The van der Waals surface area contributed by atoms with Crippen LogP contribution in [0.15, 0.2) is 53.0 Å². The summed E-state index contributed by atoms with van der Waals surface area (Å²) in [6, 6.07) is 16.1. The van der Waals surface area contributed by atoms with Crippen molar-refractivity contribution in [3.63, 3.8) is 0 Å². The number of halogens is 1. The van der Waals surface area contributed by atoms with Gasteiger partial charge in [0.15, 0.2) is 5.69 Å². The molecule has 1 atom stereocenters. The number of rotatable bonds is 4. The second kappa shape index (κ2) is 7.62. The van der Waals surface area contributed by atoms with Gasteiger partial charge >= 0.3 is 0 Å². The highest BCUT2D eigenvalue weighted by atomic mass is 79.9. The molecule has 0 spiro atoms. The minimum atomic E-state index is -0.233. The van der Waals surface area contributed by atoms with Crippen molar-refractivity contribution in [1.82, 2.24) is 20.3 Å². The number of carbonyl (C=O) groups excluding carboxylic acids is 1. The quantitative estimate of drug-likeness (QED) is 0.692. The summed E-state index contributed by atoms with van der Waals surface area (Å²) in [5.74, 6) is -0.233. The molecular weight excluding hydrogens is 408 g/mol. The smallest absolute Gasteiger partial charge is 0.274 e. The summed E-state index contributed by atoms with van der Waals surface area (Å²) >= 11 is 3.44. The Labute approximate surface area is 165 Å². The van der Waals surface area contributed by atoms with Crippen molar-refractivity contribution in [2.45, 2.75) is 32.7 Å². The van der Waals surface area contributed by atoms with E-state index in [1.807, 2.05) is 55.5 Å². The maximum Gasteiger partial charge on any atom is 0.274 e. The van der Waals surface area contributed by atoms with E-state index in [9.17, 15) is 4.79 Å². The molecule has 27 heavy (non-hydrogen) atoms. The average molecular weight is 427 g/mol. The maximum absolute atomic E-state index is 12.5. The van der Waals surface area contributed by atoms with Crippen molar-refractivity contribution in [2.24, 2.45) is 0 Å². The number of nitrogens with zero attached hydrogens (tertiary/aromatic N) is 3. The Morgan fingerprint density at radius 1 is 1.30 bits per heavy atom. The Hall–Kier alpha value is -2.51. The summed E-state index contributed by atoms with van der Waals surface area (Å²) < 4.78 is 8.75. The van der Waals surface area contributed by atoms with Crippen molar-refractivity contribution in [1.29, 1.82) is 0 Å². The van der Waals surface area contributed by atoms with E-state index in [4.69, 9.17) is 4.74 Å². The second-order valence-electron chi connectivity index (χ2n) is 6.59. The van der Waals surface area contributed by atoms with Crippen LogP contribution < -0.4 is 5.32 Å². The van der Waals surface area contributed by atoms with Crippen molar-refractivity contribution in [2.75, 3.05) is 0 Å². The summed E-state index contributed by atoms with van der Waals surface area (Å²) in [4.78, 5) is 12.5. The topological polar surface area (TPSA) is 69.0 Å². The monoisotopic (exact) mass is 426 g/mol. The summed E-state index contributed by atoms with van der Waals surface area (Å²) in [7, 11) is 0. The van der Waals surface area contributed by atoms with E-state index in [2.05, 4.69) is 31.6 Å². The van der Waals surface area contributed by atoms with Gasteiger partial charge in [0.2, 0.25) is 0 Å². The standard InChI is InChI=1S/C20H19BrN4O2/c1-13-3-2-4-14(9-13)10-22-20(26)19-17-12-27-18(11-25(17)24-23-19)15-5-7-16(21)8-6-15/h2-9,18H,10-12H2,1H3,(H,22,26). The highest BCUT2D eigenvalue weighted by Gasteiger charge is 2.27. The third-order valence-electron chi connectivity index (χ3n) is 4.59. The van der Waals surface area contributed by atoms with Crippen LogP contribution in [-0.4, -0.2) is 20.9 Å². The molecule has 1 aromatic heterocycles. The Morgan fingerprint density at radius 3 is 2.89 bits per heavy atom. The van der Waals surface area contributed by atoms with Gasteiger partial charge in [0.05, 0.1) is 18.8 Å². The SMILES string of the molecule is Cc1cccc(CNC(=O)c2nnn3c2COC(c2ccc(Br)cc2)C3)c1. The van der Waals surface area contributed by atoms with Crippen molar-refractivity contribution in [3.05, 3.63) is 81.1 Å². The lowest BCUT2D eigenvalue weighted by Gasteiger charge is -2.24. The van der Waals surface area contributed by atoms with E-state index in [-0.39, 0.29) is 12.0 Å². The lowest BCUT2D eigenvalue weighted by molar-refractivity contribution is -0.00177. The van der Waals surface area contributed by atoms with Gasteiger partial charge < -0.3 is 10.1 Å². The fourth-order valence-electron chi connectivity index (χ4n) is 3.16. The predicted molar refractivity (Wildman–Crippen MR) is 104 cm³/mol. The third kappa shape index (κ3) is 3.94. The van der Waals surface area contributed by atoms with E-state index in [0.29, 0.717) is 31.1 Å². The number of nitrogens with one attached hydrogen (secondary N) is 1. The molecule has 7 heteroatoms. The highest BCUT2D eigenvalue weighted by molar-refractivity contribution is 9.10. The maximum atomic E-state index is 12.5. The van der Waals surface area contributed by atoms with Crippen molar-refractivity contribution >= 4 is 21.8 Å². The lowest BCUT2D eigenvalue weighted by Crippen LogP contribution is -2.27. The molecule has 0 aliphatic carbocycles. The molecular formula is C20H19BrN4O2. The van der Waals surface area contributed by atoms with Gasteiger partial charge in [-0.15, -0.1) is 5.10 Å². The van der Waals surface area contributed by atoms with Crippen LogP contribution in [0.5, 0.6) is 0 Å². The van der Waals surface area contributed by atoms with Crippen LogP contribution in [0.2, 0.25) is 0 Å². The fraction of sp³-hybridized carbons (Fsp3) is 0.250. The van der Waals surface area contributed by atoms with Crippen LogP contribution in [0.4, 0.5) is 0 Å². The highest BCUT2D eigenvalue weighted by Crippen LogP contribution is 2.27. The first-order valence-corrected chi connectivity index (χ1v) is 9.52. The minimum Gasteiger partial charge on any atom is -0.365 e. The molecule has 6 nitrogen and oxygen atoms in total. The Bertz CT molecular complexity index is 968. The average Bonchev–Trinajstić information content (AvgIpc) is 3.10. The molecule has 0 radical (unpaired) electrons. The molecule has 1 aliphatic rings. The zero-order valence-corrected chi connectivity index (χ0v) is 16.4. The van der Waals surface area contributed by atoms with Gasteiger partial charge in [-0.3, -0.25) is 4.79 Å². The van der Waals surface area contributed by atoms with Crippen molar-refractivity contribution < 1.29 is 9.53 Å². The summed E-state index contributed by atoms with van der Waals surface area (Å²) in [6.07, 6.45) is -0.101. The van der Waals surface area contributed by atoms with Crippen LogP contribution in [0, 0.1) is 6.92 Å². The molecule has 1 N–H and O–H groups in total. The molecule has 2 heterocycles. The minimum absolute atomic E-state index is 0.101. The van der Waals surface area contributed by atoms with Crippen LogP contribution in [0.1, 0.15) is 39.0 Å². The molecule has 138 valence electrons. The first-order valence-electron chi connectivity index (χ1n) is 8.73. The Balaban J connectivity index is 1.44. The molecule has 1 amide bonds. The summed E-state index contributed by atoms with van der Waals surface area (Å²) in [5.41, 5.74) is 4.33. The molecule has 0 saturated carbocycles. The largest absolute Gasteiger partial charge is 0.365 e. The van der Waals surface area contributed by atoms with Gasteiger partial charge in [-0.25, -0.2) is 4.68 Å². The summed E-state index contributed by atoms with van der Waals surface area (Å²) in [5, 5.41) is 11.2. The molecule has 0 bridgehead atoms. The molecule has 0 fully saturated rings. The van der Waals surface area contributed by atoms with Crippen molar-refractivity contribution in [3.8, 4) is 0 Å². The normalized spacial score (nSPS) is 16.0. The number of aryl methyl sites for hydroxylation is 1.